The van der Waals surface area contributed by atoms with E-state index in [1.54, 1.807) is 11.1 Å². The first kappa shape index (κ1) is 11.0. The molecule has 1 aliphatic rings. The first-order chi connectivity index (χ1) is 8.78. The van der Waals surface area contributed by atoms with Gasteiger partial charge in [-0.3, -0.25) is 9.88 Å². The lowest BCUT2D eigenvalue weighted by molar-refractivity contribution is 0.145. The second-order valence-corrected chi connectivity index (χ2v) is 4.23. The maximum atomic E-state index is 11.7. The minimum atomic E-state index is -0.339. The highest BCUT2D eigenvalue weighted by atomic mass is 16.6. The number of carbonyl (C=O) groups is 1. The minimum absolute atomic E-state index is 0.220. The van der Waals surface area contributed by atoms with Gasteiger partial charge in [-0.1, -0.05) is 6.07 Å². The van der Waals surface area contributed by atoms with Crippen LogP contribution in [0.4, 0.5) is 10.5 Å². The van der Waals surface area contributed by atoms with Crippen LogP contribution in [-0.2, 0) is 4.74 Å². The highest BCUT2D eigenvalue weighted by Crippen LogP contribution is 2.24. The number of ether oxygens (including phenoxy) is 1. The van der Waals surface area contributed by atoms with E-state index < -0.39 is 0 Å². The van der Waals surface area contributed by atoms with Gasteiger partial charge in [-0.05, 0) is 24.3 Å². The Balaban J connectivity index is 1.97. The lowest BCUT2D eigenvalue weighted by Crippen LogP contribution is -2.27. The standard InChI is InChI=1S/C13H13N3O2/c14-7-11-8-16(13(17)18-11)10-3-4-12-9(6-10)2-1-5-15-12/h1-6,11H,7-8,14H2/t11-/m0/s1. The number of nitrogens with zero attached hydrogens (tertiary/aromatic N) is 2. The molecule has 1 amide bonds. The van der Waals surface area contributed by atoms with E-state index in [4.69, 9.17) is 10.5 Å². The van der Waals surface area contributed by atoms with E-state index in [-0.39, 0.29) is 12.2 Å². The molecule has 2 aromatic rings. The third-order valence-corrected chi connectivity index (χ3v) is 3.04. The molecule has 0 spiro atoms. The number of nitrogens with two attached hydrogens (primary N) is 1. The highest BCUT2D eigenvalue weighted by molar-refractivity contribution is 5.93. The second kappa shape index (κ2) is 4.27. The van der Waals surface area contributed by atoms with Crippen molar-refractivity contribution < 1.29 is 9.53 Å². The summed E-state index contributed by atoms with van der Waals surface area (Å²) >= 11 is 0. The molecule has 2 N–H and O–H groups in total. The third-order valence-electron chi connectivity index (χ3n) is 3.04. The first-order valence-corrected chi connectivity index (χ1v) is 5.81. The molecular weight excluding hydrogens is 230 g/mol. The van der Waals surface area contributed by atoms with Crippen LogP contribution in [0.1, 0.15) is 0 Å². The Morgan fingerprint density at radius 3 is 3.11 bits per heavy atom. The van der Waals surface area contributed by atoms with Gasteiger partial charge in [0.2, 0.25) is 0 Å². The van der Waals surface area contributed by atoms with Gasteiger partial charge in [-0.15, -0.1) is 0 Å². The number of pyridine rings is 1. The fourth-order valence-electron chi connectivity index (χ4n) is 2.09. The fraction of sp³-hybridized carbons (Fsp3) is 0.231. The van der Waals surface area contributed by atoms with E-state index in [1.807, 2.05) is 30.3 Å². The molecular formula is C13H13N3O2. The molecule has 0 saturated carbocycles. The van der Waals surface area contributed by atoms with Gasteiger partial charge in [0.15, 0.2) is 0 Å². The van der Waals surface area contributed by atoms with Crippen LogP contribution in [0.15, 0.2) is 36.5 Å². The second-order valence-electron chi connectivity index (χ2n) is 4.23. The Bertz CT molecular complexity index is 600. The Morgan fingerprint density at radius 2 is 2.33 bits per heavy atom. The lowest BCUT2D eigenvalue weighted by Gasteiger charge is -2.13. The van der Waals surface area contributed by atoms with Crippen molar-refractivity contribution in [3.63, 3.8) is 0 Å². The van der Waals surface area contributed by atoms with E-state index in [0.717, 1.165) is 16.6 Å². The van der Waals surface area contributed by atoms with Crippen LogP contribution in [-0.4, -0.2) is 30.3 Å². The van der Waals surface area contributed by atoms with Gasteiger partial charge >= 0.3 is 6.09 Å². The van der Waals surface area contributed by atoms with Crippen LogP contribution in [0.5, 0.6) is 0 Å². The fourth-order valence-corrected chi connectivity index (χ4v) is 2.09. The van der Waals surface area contributed by atoms with Crippen molar-refractivity contribution in [1.82, 2.24) is 4.98 Å². The maximum absolute atomic E-state index is 11.7. The van der Waals surface area contributed by atoms with Gasteiger partial charge in [0.05, 0.1) is 12.1 Å². The number of carbonyl (C=O) groups excluding carboxylic acids is 1. The van der Waals surface area contributed by atoms with Crippen LogP contribution in [0.2, 0.25) is 0 Å². The van der Waals surface area contributed by atoms with Gasteiger partial charge in [0.25, 0.3) is 0 Å². The third kappa shape index (κ3) is 1.78. The summed E-state index contributed by atoms with van der Waals surface area (Å²) in [6, 6.07) is 9.54. The van der Waals surface area contributed by atoms with Crippen molar-refractivity contribution in [3.8, 4) is 0 Å². The molecule has 1 aliphatic heterocycles. The molecule has 0 radical (unpaired) electrons. The van der Waals surface area contributed by atoms with Crippen molar-refractivity contribution in [1.29, 1.82) is 0 Å². The molecule has 0 bridgehead atoms. The van der Waals surface area contributed by atoms with Gasteiger partial charge in [-0.2, -0.15) is 0 Å². The molecule has 2 heterocycles. The molecule has 1 fully saturated rings. The van der Waals surface area contributed by atoms with Crippen LogP contribution in [0.25, 0.3) is 10.9 Å². The van der Waals surface area contributed by atoms with Crippen molar-refractivity contribution in [2.75, 3.05) is 18.0 Å². The quantitative estimate of drug-likeness (QED) is 0.868. The van der Waals surface area contributed by atoms with Crippen molar-refractivity contribution >= 4 is 22.7 Å². The van der Waals surface area contributed by atoms with Crippen molar-refractivity contribution in [2.24, 2.45) is 5.73 Å². The molecule has 0 aliphatic carbocycles. The first-order valence-electron chi connectivity index (χ1n) is 5.81. The summed E-state index contributed by atoms with van der Waals surface area (Å²) in [5, 5.41) is 0.999. The van der Waals surface area contributed by atoms with Crippen LogP contribution >= 0.6 is 0 Å². The summed E-state index contributed by atoms with van der Waals surface area (Å²) in [6.07, 6.45) is 1.19. The average molecular weight is 243 g/mol. The molecule has 92 valence electrons. The summed E-state index contributed by atoms with van der Waals surface area (Å²) in [5.74, 6) is 0. The van der Waals surface area contributed by atoms with Crippen LogP contribution in [0, 0.1) is 0 Å². The molecule has 0 unspecified atom stereocenters. The number of benzene rings is 1. The number of amides is 1. The van der Waals surface area contributed by atoms with Gasteiger partial charge < -0.3 is 10.5 Å². The highest BCUT2D eigenvalue weighted by Gasteiger charge is 2.31. The van der Waals surface area contributed by atoms with Crippen LogP contribution in [0.3, 0.4) is 0 Å². The van der Waals surface area contributed by atoms with Gasteiger partial charge in [-0.25, -0.2) is 4.79 Å². The summed E-state index contributed by atoms with van der Waals surface area (Å²) in [5.41, 5.74) is 7.24. The number of hydrogen-bond acceptors (Lipinski definition) is 4. The van der Waals surface area contributed by atoms with E-state index >= 15 is 0 Å². The predicted octanol–water partition coefficient (Wildman–Crippen LogP) is 1.52. The van der Waals surface area contributed by atoms with E-state index in [9.17, 15) is 4.79 Å². The molecule has 18 heavy (non-hydrogen) atoms. The maximum Gasteiger partial charge on any atom is 0.414 e. The van der Waals surface area contributed by atoms with Crippen molar-refractivity contribution in [2.45, 2.75) is 6.10 Å². The van der Waals surface area contributed by atoms with Gasteiger partial charge in [0.1, 0.15) is 6.10 Å². The summed E-state index contributed by atoms with van der Waals surface area (Å²) in [7, 11) is 0. The molecule has 5 heteroatoms. The Kier molecular flexibility index (Phi) is 2.60. The molecule has 1 atom stereocenters. The van der Waals surface area contributed by atoms with Crippen LogP contribution < -0.4 is 10.6 Å². The Hall–Kier alpha value is -2.14. The molecule has 5 nitrogen and oxygen atoms in total. The zero-order chi connectivity index (χ0) is 12.5. The monoisotopic (exact) mass is 243 g/mol. The zero-order valence-electron chi connectivity index (χ0n) is 9.74. The molecule has 1 saturated heterocycles. The normalized spacial score (nSPS) is 19.3. The Morgan fingerprint density at radius 1 is 1.44 bits per heavy atom. The largest absolute Gasteiger partial charge is 0.443 e. The number of rotatable bonds is 2. The van der Waals surface area contributed by atoms with E-state index in [0.29, 0.717) is 13.1 Å². The smallest absolute Gasteiger partial charge is 0.414 e. The van der Waals surface area contributed by atoms with Gasteiger partial charge in [0, 0.05) is 23.8 Å². The zero-order valence-corrected chi connectivity index (χ0v) is 9.74. The predicted molar refractivity (Wildman–Crippen MR) is 68.4 cm³/mol. The lowest BCUT2D eigenvalue weighted by atomic mass is 10.2. The minimum Gasteiger partial charge on any atom is -0.443 e. The number of aromatic nitrogens is 1. The molecule has 1 aromatic heterocycles. The topological polar surface area (TPSA) is 68.5 Å². The molecule has 1 aromatic carbocycles. The summed E-state index contributed by atoms with van der Waals surface area (Å²) in [6.45, 7) is 0.846. The Labute approximate surface area is 104 Å². The van der Waals surface area contributed by atoms with E-state index in [2.05, 4.69) is 4.98 Å². The SMILES string of the molecule is NC[C@H]1CN(c2ccc3ncccc3c2)C(=O)O1. The summed E-state index contributed by atoms with van der Waals surface area (Å²) in [4.78, 5) is 17.6. The number of hydrogen-bond donors (Lipinski definition) is 1. The average Bonchev–Trinajstić information content (AvgIpc) is 2.79. The van der Waals surface area contributed by atoms with E-state index in [1.165, 1.54) is 0 Å². The number of cyclic esters (lactones) is 1. The summed E-state index contributed by atoms with van der Waals surface area (Å²) < 4.78 is 5.14. The number of fused-ring (bicyclic) bond motifs is 1. The molecule has 3 rings (SSSR count). The van der Waals surface area contributed by atoms with Crippen molar-refractivity contribution in [3.05, 3.63) is 36.5 Å². The number of anilines is 1.